The average molecular weight is 341 g/mol. The van der Waals surface area contributed by atoms with E-state index in [1.54, 1.807) is 0 Å². The summed E-state index contributed by atoms with van der Waals surface area (Å²) in [6.07, 6.45) is -0.244. The fraction of sp³-hybridized carbons (Fsp3) is 0.308. The summed E-state index contributed by atoms with van der Waals surface area (Å²) in [5.41, 5.74) is 3.18. The molecule has 2 aliphatic heterocycles. The fourth-order valence-electron chi connectivity index (χ4n) is 2.92. The zero-order valence-electron chi connectivity index (χ0n) is 11.7. The van der Waals surface area contributed by atoms with Crippen molar-refractivity contribution in [1.29, 1.82) is 0 Å². The number of halogens is 1. The monoisotopic (exact) mass is 341 g/mol. The highest BCUT2D eigenvalue weighted by molar-refractivity contribution is 7.91. The van der Waals surface area contributed by atoms with E-state index in [-0.39, 0.29) is 22.6 Å². The van der Waals surface area contributed by atoms with E-state index < -0.39 is 45.6 Å². The number of imide groups is 1. The molecule has 2 aliphatic rings. The Bertz CT molecular complexity index is 853. The van der Waals surface area contributed by atoms with Crippen LogP contribution in [0.5, 0.6) is 0 Å². The number of hydrogen-bond donors (Lipinski definition) is 2. The van der Waals surface area contributed by atoms with Gasteiger partial charge in [0.2, 0.25) is 5.91 Å². The highest BCUT2D eigenvalue weighted by Crippen LogP contribution is 2.41. The van der Waals surface area contributed by atoms with Crippen LogP contribution in [0.4, 0.5) is 9.18 Å². The topological polar surface area (TPSA) is 127 Å². The van der Waals surface area contributed by atoms with Gasteiger partial charge in [0.05, 0.1) is 10.6 Å². The molecule has 0 bridgehead atoms. The number of nitrogens with two attached hydrogens (primary N) is 1. The van der Waals surface area contributed by atoms with Crippen molar-refractivity contribution in [1.82, 2.24) is 10.2 Å². The summed E-state index contributed by atoms with van der Waals surface area (Å²) < 4.78 is 37.9. The molecule has 3 N–H and O–H groups in total. The third-order valence-electron chi connectivity index (χ3n) is 3.97. The second-order valence-electron chi connectivity index (χ2n) is 5.40. The van der Waals surface area contributed by atoms with Gasteiger partial charge in [0.1, 0.15) is 17.9 Å². The number of benzene rings is 1. The third kappa shape index (κ3) is 2.17. The summed E-state index contributed by atoms with van der Waals surface area (Å²) in [4.78, 5) is 36.0. The van der Waals surface area contributed by atoms with Crippen LogP contribution in [0, 0.1) is 5.82 Å². The van der Waals surface area contributed by atoms with Crippen molar-refractivity contribution >= 4 is 27.7 Å². The number of primary amides is 1. The number of hydrogen-bond acceptors (Lipinski definition) is 5. The van der Waals surface area contributed by atoms with E-state index in [4.69, 9.17) is 5.73 Å². The number of nitrogens with one attached hydrogen (secondary N) is 1. The second-order valence-corrected chi connectivity index (χ2v) is 7.48. The Kier molecular flexibility index (Phi) is 3.18. The predicted molar refractivity (Wildman–Crippen MR) is 74.2 cm³/mol. The zero-order chi connectivity index (χ0) is 17.0. The molecule has 0 aliphatic carbocycles. The molecule has 1 aromatic carbocycles. The Morgan fingerprint density at radius 2 is 2.09 bits per heavy atom. The summed E-state index contributed by atoms with van der Waals surface area (Å²) in [5.74, 6) is -2.84. The predicted octanol–water partition coefficient (Wildman–Crippen LogP) is -0.764. The van der Waals surface area contributed by atoms with Crippen molar-refractivity contribution in [3.8, 4) is 0 Å². The molecule has 122 valence electrons. The first-order valence-corrected chi connectivity index (χ1v) is 8.28. The van der Waals surface area contributed by atoms with Crippen LogP contribution in [0.3, 0.4) is 0 Å². The van der Waals surface area contributed by atoms with Gasteiger partial charge in [-0.1, -0.05) is 0 Å². The van der Waals surface area contributed by atoms with Gasteiger partial charge in [-0.25, -0.2) is 17.6 Å². The fourth-order valence-corrected chi connectivity index (χ4v) is 4.55. The Labute approximate surface area is 130 Å². The lowest BCUT2D eigenvalue weighted by molar-refractivity contribution is -0.134. The summed E-state index contributed by atoms with van der Waals surface area (Å²) in [6.45, 7) is -0.635. The average Bonchev–Trinajstić information content (AvgIpc) is 2.68. The van der Waals surface area contributed by atoms with Crippen molar-refractivity contribution in [2.45, 2.75) is 16.9 Å². The van der Waals surface area contributed by atoms with E-state index >= 15 is 0 Å². The number of rotatable bonds is 2. The molecule has 1 atom stereocenters. The Balaban J connectivity index is 2.18. The van der Waals surface area contributed by atoms with E-state index in [2.05, 4.69) is 5.32 Å². The Morgan fingerprint density at radius 3 is 2.74 bits per heavy atom. The molecule has 1 spiro atoms. The van der Waals surface area contributed by atoms with Gasteiger partial charge in [0.25, 0.3) is 5.91 Å². The van der Waals surface area contributed by atoms with Crippen molar-refractivity contribution < 1.29 is 27.2 Å². The number of fused-ring (bicyclic) bond motifs is 2. The minimum absolute atomic E-state index is 0.130. The van der Waals surface area contributed by atoms with E-state index in [9.17, 15) is 27.2 Å². The molecule has 0 radical (unpaired) electrons. The number of carbonyl (C=O) groups excluding carboxylic acids is 3. The summed E-state index contributed by atoms with van der Waals surface area (Å²) >= 11 is 0. The highest BCUT2D eigenvalue weighted by Gasteiger charge is 2.56. The Hall–Kier alpha value is -2.49. The third-order valence-corrected chi connectivity index (χ3v) is 5.74. The van der Waals surface area contributed by atoms with Gasteiger partial charge in [0, 0.05) is 5.56 Å². The standard InChI is InChI=1S/C13H12FN3O5S/c14-7-1-2-9-8(5-7)13(3-4-23(9,21)22)11(19)17(6-10(15)18)12(20)16-13/h1-2,5H,3-4,6H2,(H2,15,18)(H,16,20). The van der Waals surface area contributed by atoms with E-state index in [0.29, 0.717) is 4.90 Å². The lowest BCUT2D eigenvalue weighted by atomic mass is 9.86. The van der Waals surface area contributed by atoms with Crippen LogP contribution in [0.15, 0.2) is 23.1 Å². The number of sulfone groups is 1. The van der Waals surface area contributed by atoms with Crippen LogP contribution in [0.2, 0.25) is 0 Å². The summed E-state index contributed by atoms with van der Waals surface area (Å²) in [6, 6.07) is 2.08. The molecule has 8 nitrogen and oxygen atoms in total. The molecule has 1 saturated heterocycles. The van der Waals surface area contributed by atoms with Gasteiger partial charge in [-0.15, -0.1) is 0 Å². The van der Waals surface area contributed by atoms with Crippen LogP contribution >= 0.6 is 0 Å². The van der Waals surface area contributed by atoms with Crippen LogP contribution < -0.4 is 11.1 Å². The summed E-state index contributed by atoms with van der Waals surface area (Å²) in [5, 5.41) is 2.39. The minimum atomic E-state index is -3.68. The van der Waals surface area contributed by atoms with E-state index in [0.717, 1.165) is 18.2 Å². The molecule has 2 heterocycles. The molecule has 10 heteroatoms. The van der Waals surface area contributed by atoms with Crippen LogP contribution in [0.1, 0.15) is 12.0 Å². The van der Waals surface area contributed by atoms with Gasteiger partial charge in [-0.3, -0.25) is 14.5 Å². The molecule has 0 aromatic heterocycles. The highest BCUT2D eigenvalue weighted by atomic mass is 32.2. The minimum Gasteiger partial charge on any atom is -0.368 e. The molecule has 4 amide bonds. The van der Waals surface area contributed by atoms with Crippen LogP contribution in [0.25, 0.3) is 0 Å². The number of urea groups is 1. The van der Waals surface area contributed by atoms with Gasteiger partial charge in [-0.2, -0.15) is 0 Å². The molecule has 1 aromatic rings. The normalized spacial score (nSPS) is 25.3. The van der Waals surface area contributed by atoms with E-state index in [1.165, 1.54) is 0 Å². The maximum absolute atomic E-state index is 13.6. The quantitative estimate of drug-likeness (QED) is 0.540. The summed E-state index contributed by atoms with van der Waals surface area (Å²) in [7, 11) is -3.68. The van der Waals surface area contributed by atoms with Crippen molar-refractivity contribution in [3.05, 3.63) is 29.6 Å². The first-order valence-electron chi connectivity index (χ1n) is 6.62. The first-order chi connectivity index (χ1) is 10.7. The molecular formula is C13H12FN3O5S. The van der Waals surface area contributed by atoms with Crippen LogP contribution in [-0.4, -0.2) is 43.5 Å². The van der Waals surface area contributed by atoms with E-state index in [1.807, 2.05) is 0 Å². The largest absolute Gasteiger partial charge is 0.368 e. The lowest BCUT2D eigenvalue weighted by Gasteiger charge is -2.32. The van der Waals surface area contributed by atoms with Crippen molar-refractivity contribution in [2.24, 2.45) is 5.73 Å². The van der Waals surface area contributed by atoms with Gasteiger partial charge in [-0.05, 0) is 24.6 Å². The van der Waals surface area contributed by atoms with Crippen LogP contribution in [-0.2, 0) is 25.0 Å². The molecule has 0 saturated carbocycles. The molecule has 1 unspecified atom stereocenters. The van der Waals surface area contributed by atoms with Crippen molar-refractivity contribution in [2.75, 3.05) is 12.3 Å². The molecule has 1 fully saturated rings. The zero-order valence-corrected chi connectivity index (χ0v) is 12.5. The second kappa shape index (κ2) is 4.75. The lowest BCUT2D eigenvalue weighted by Crippen LogP contribution is -2.49. The maximum Gasteiger partial charge on any atom is 0.325 e. The molecule has 3 rings (SSSR count). The molecular weight excluding hydrogens is 329 g/mol. The van der Waals surface area contributed by atoms with Gasteiger partial charge >= 0.3 is 6.03 Å². The first kappa shape index (κ1) is 15.4. The maximum atomic E-state index is 13.6. The smallest absolute Gasteiger partial charge is 0.325 e. The number of carbonyl (C=O) groups is 3. The number of amides is 4. The number of nitrogens with zero attached hydrogens (tertiary/aromatic N) is 1. The van der Waals surface area contributed by atoms with Gasteiger partial charge in [0.15, 0.2) is 9.84 Å². The Morgan fingerprint density at radius 1 is 1.39 bits per heavy atom. The molecule has 23 heavy (non-hydrogen) atoms. The SMILES string of the molecule is NC(=O)CN1C(=O)NC2(CCS(=O)(=O)c3ccc(F)cc32)C1=O. The van der Waals surface area contributed by atoms with Crippen molar-refractivity contribution in [3.63, 3.8) is 0 Å². The van der Waals surface area contributed by atoms with Gasteiger partial charge < -0.3 is 11.1 Å².